The maximum absolute atomic E-state index is 12.3. The molecular formula is C17H18F3N3O4. The lowest BCUT2D eigenvalue weighted by Gasteiger charge is -2.37. The molecule has 2 aromatic rings. The fourth-order valence-electron chi connectivity index (χ4n) is 3.29. The van der Waals surface area contributed by atoms with Crippen molar-refractivity contribution in [2.45, 2.75) is 50.5 Å². The van der Waals surface area contributed by atoms with Gasteiger partial charge < -0.3 is 14.6 Å². The number of H-pyrrole nitrogens is 1. The first-order valence-electron chi connectivity index (χ1n) is 8.33. The Morgan fingerprint density at radius 3 is 2.44 bits per heavy atom. The molecule has 1 aromatic heterocycles. The van der Waals surface area contributed by atoms with Crippen molar-refractivity contribution in [2.75, 3.05) is 0 Å². The lowest BCUT2D eigenvalue weighted by atomic mass is 9.70. The number of alkyl halides is 3. The predicted molar refractivity (Wildman–Crippen MR) is 86.7 cm³/mol. The predicted octanol–water partition coefficient (Wildman–Crippen LogP) is 3.68. The van der Waals surface area contributed by atoms with E-state index in [1.807, 2.05) is 6.92 Å². The molecule has 0 radical (unpaired) electrons. The summed E-state index contributed by atoms with van der Waals surface area (Å²) in [6.45, 7) is 2.04. The number of nitrogens with one attached hydrogen (secondary N) is 1. The van der Waals surface area contributed by atoms with Gasteiger partial charge in [0.1, 0.15) is 11.9 Å². The number of carboxylic acids is 1. The molecule has 0 amide bonds. The standard InChI is InChI=1S/C17H18F3N3O4/c1-16(10-2-4-12(5-3-10)27-17(18,19)20)8-6-11(7-9-16)26-14-13(15(24)25)21-23-22-14/h2-5,11H,6-9H2,1H3,(H,24,25)(H,21,22,23)/t11-,16-. The number of carbonyl (C=O) groups is 1. The molecule has 0 bridgehead atoms. The van der Waals surface area contributed by atoms with Crippen LogP contribution in [-0.4, -0.2) is 39.0 Å². The van der Waals surface area contributed by atoms with Crippen LogP contribution in [0.4, 0.5) is 13.2 Å². The summed E-state index contributed by atoms with van der Waals surface area (Å²) in [5.74, 6) is -1.49. The second-order valence-corrected chi connectivity index (χ2v) is 6.75. The molecule has 1 aliphatic rings. The molecule has 0 unspecified atom stereocenters. The largest absolute Gasteiger partial charge is 0.573 e. The fourth-order valence-corrected chi connectivity index (χ4v) is 3.29. The lowest BCUT2D eigenvalue weighted by Crippen LogP contribution is -2.33. The number of aromatic nitrogens is 3. The molecule has 0 atom stereocenters. The van der Waals surface area contributed by atoms with Gasteiger partial charge in [-0.25, -0.2) is 9.89 Å². The van der Waals surface area contributed by atoms with Crippen molar-refractivity contribution in [3.63, 3.8) is 0 Å². The van der Waals surface area contributed by atoms with Crippen LogP contribution in [0.15, 0.2) is 24.3 Å². The van der Waals surface area contributed by atoms with Gasteiger partial charge in [-0.1, -0.05) is 29.4 Å². The van der Waals surface area contributed by atoms with E-state index in [9.17, 15) is 18.0 Å². The summed E-state index contributed by atoms with van der Waals surface area (Å²) in [4.78, 5) is 11.1. The number of ether oxygens (including phenoxy) is 2. The highest BCUT2D eigenvalue weighted by molar-refractivity contribution is 5.87. The van der Waals surface area contributed by atoms with Crippen molar-refractivity contribution in [3.8, 4) is 11.6 Å². The normalized spacial score (nSPS) is 23.0. The van der Waals surface area contributed by atoms with Gasteiger partial charge in [0, 0.05) is 0 Å². The average molecular weight is 385 g/mol. The van der Waals surface area contributed by atoms with Crippen molar-refractivity contribution < 1.29 is 32.5 Å². The number of halogens is 3. The zero-order valence-corrected chi connectivity index (χ0v) is 14.4. The monoisotopic (exact) mass is 385 g/mol. The Labute approximate surface area is 152 Å². The zero-order valence-electron chi connectivity index (χ0n) is 14.4. The molecular weight excluding hydrogens is 367 g/mol. The smallest absolute Gasteiger partial charge is 0.476 e. The quantitative estimate of drug-likeness (QED) is 0.815. The highest BCUT2D eigenvalue weighted by Crippen LogP contribution is 2.40. The highest BCUT2D eigenvalue weighted by atomic mass is 19.4. The van der Waals surface area contributed by atoms with Crippen LogP contribution in [0.2, 0.25) is 0 Å². The van der Waals surface area contributed by atoms with Gasteiger partial charge in [0.25, 0.3) is 5.88 Å². The Morgan fingerprint density at radius 1 is 1.26 bits per heavy atom. The number of hydrogen-bond donors (Lipinski definition) is 2. The summed E-state index contributed by atoms with van der Waals surface area (Å²) < 4.78 is 46.4. The number of aromatic amines is 1. The minimum absolute atomic E-state index is 0.0373. The van der Waals surface area contributed by atoms with Gasteiger partial charge in [0.15, 0.2) is 0 Å². The molecule has 0 spiro atoms. The summed E-state index contributed by atoms with van der Waals surface area (Å²) in [5.41, 5.74) is 0.516. The molecule has 3 rings (SSSR count). The summed E-state index contributed by atoms with van der Waals surface area (Å²) in [5, 5.41) is 18.4. The average Bonchev–Trinajstić information content (AvgIpc) is 3.05. The van der Waals surface area contributed by atoms with E-state index in [0.717, 1.165) is 18.4 Å². The molecule has 7 nitrogen and oxygen atoms in total. The van der Waals surface area contributed by atoms with E-state index in [1.54, 1.807) is 12.1 Å². The van der Waals surface area contributed by atoms with Gasteiger partial charge in [-0.05, 0) is 48.8 Å². The van der Waals surface area contributed by atoms with E-state index in [4.69, 9.17) is 9.84 Å². The minimum atomic E-state index is -4.71. The van der Waals surface area contributed by atoms with Crippen LogP contribution in [0.25, 0.3) is 0 Å². The Morgan fingerprint density at radius 2 is 1.89 bits per heavy atom. The molecule has 1 aliphatic carbocycles. The lowest BCUT2D eigenvalue weighted by molar-refractivity contribution is -0.274. The van der Waals surface area contributed by atoms with E-state index >= 15 is 0 Å². The molecule has 27 heavy (non-hydrogen) atoms. The number of benzene rings is 1. The van der Waals surface area contributed by atoms with E-state index < -0.39 is 12.3 Å². The molecule has 1 fully saturated rings. The summed E-state index contributed by atoms with van der Waals surface area (Å²) in [7, 11) is 0. The van der Waals surface area contributed by atoms with E-state index in [-0.39, 0.29) is 28.8 Å². The summed E-state index contributed by atoms with van der Waals surface area (Å²) in [6.07, 6.45) is -2.13. The van der Waals surface area contributed by atoms with Gasteiger partial charge in [0.2, 0.25) is 5.69 Å². The van der Waals surface area contributed by atoms with Crippen LogP contribution in [-0.2, 0) is 5.41 Å². The molecule has 1 heterocycles. The van der Waals surface area contributed by atoms with Crippen LogP contribution in [0.5, 0.6) is 11.6 Å². The molecule has 1 saturated carbocycles. The Hall–Kier alpha value is -2.78. The first-order valence-corrected chi connectivity index (χ1v) is 8.33. The number of aromatic carboxylic acids is 1. The zero-order chi connectivity index (χ0) is 19.7. The van der Waals surface area contributed by atoms with Crippen molar-refractivity contribution in [2.24, 2.45) is 0 Å². The van der Waals surface area contributed by atoms with E-state index in [0.29, 0.717) is 12.8 Å². The third-order valence-corrected chi connectivity index (χ3v) is 4.83. The second kappa shape index (κ2) is 7.09. The van der Waals surface area contributed by atoms with Gasteiger partial charge >= 0.3 is 12.3 Å². The number of rotatable bonds is 5. The van der Waals surface area contributed by atoms with Crippen LogP contribution in [0.3, 0.4) is 0 Å². The maximum Gasteiger partial charge on any atom is 0.573 e. The maximum atomic E-state index is 12.3. The molecule has 2 N–H and O–H groups in total. The summed E-state index contributed by atoms with van der Waals surface area (Å²) in [6, 6.07) is 5.90. The van der Waals surface area contributed by atoms with E-state index in [1.165, 1.54) is 12.1 Å². The Kier molecular flexibility index (Phi) is 4.99. The molecule has 0 saturated heterocycles. The number of hydrogen-bond acceptors (Lipinski definition) is 5. The molecule has 1 aromatic carbocycles. The number of carboxylic acid groups (broad SMARTS) is 1. The first-order chi connectivity index (χ1) is 12.7. The van der Waals surface area contributed by atoms with E-state index in [2.05, 4.69) is 20.1 Å². The summed E-state index contributed by atoms with van der Waals surface area (Å²) >= 11 is 0. The third kappa shape index (κ3) is 4.50. The van der Waals surface area contributed by atoms with Crippen LogP contribution < -0.4 is 9.47 Å². The number of nitrogens with zero attached hydrogens (tertiary/aromatic N) is 2. The minimum Gasteiger partial charge on any atom is -0.476 e. The van der Waals surface area contributed by atoms with Crippen LogP contribution in [0.1, 0.15) is 48.7 Å². The van der Waals surface area contributed by atoms with Crippen LogP contribution >= 0.6 is 0 Å². The molecule has 10 heteroatoms. The van der Waals surface area contributed by atoms with Crippen molar-refractivity contribution >= 4 is 5.97 Å². The van der Waals surface area contributed by atoms with Crippen LogP contribution in [0, 0.1) is 0 Å². The Bertz CT molecular complexity index is 797. The molecule has 146 valence electrons. The van der Waals surface area contributed by atoms with Crippen molar-refractivity contribution in [1.29, 1.82) is 0 Å². The topological polar surface area (TPSA) is 97.3 Å². The van der Waals surface area contributed by atoms with Gasteiger partial charge in [-0.3, -0.25) is 0 Å². The Balaban J connectivity index is 1.62. The third-order valence-electron chi connectivity index (χ3n) is 4.83. The first kappa shape index (κ1) is 19.0. The molecule has 0 aliphatic heterocycles. The SMILES string of the molecule is C[C@]1(c2ccc(OC(F)(F)F)cc2)CC[C@H](Oc2nn[nH]c2C(=O)O)CC1. The van der Waals surface area contributed by atoms with Gasteiger partial charge in [-0.15, -0.1) is 13.2 Å². The van der Waals surface area contributed by atoms with Crippen molar-refractivity contribution in [3.05, 3.63) is 35.5 Å². The van der Waals surface area contributed by atoms with Gasteiger partial charge in [0.05, 0.1) is 0 Å². The highest BCUT2D eigenvalue weighted by Gasteiger charge is 2.35. The fraction of sp³-hybridized carbons (Fsp3) is 0.471. The van der Waals surface area contributed by atoms with Gasteiger partial charge in [-0.2, -0.15) is 0 Å². The second-order valence-electron chi connectivity index (χ2n) is 6.75. The van der Waals surface area contributed by atoms with Crippen molar-refractivity contribution in [1.82, 2.24) is 15.4 Å².